The average Bonchev–Trinajstić information content (AvgIpc) is 3.44. The van der Waals surface area contributed by atoms with E-state index in [1.165, 1.54) is 46.2 Å². The van der Waals surface area contributed by atoms with Gasteiger partial charge in [0, 0.05) is 61.4 Å². The molecule has 0 aliphatic rings. The van der Waals surface area contributed by atoms with Gasteiger partial charge < -0.3 is 70.6 Å². The fraction of sp³-hybridized carbons (Fsp3) is 0.766. The number of rotatable bonds is 27. The van der Waals surface area contributed by atoms with Gasteiger partial charge >= 0.3 is 17.9 Å². The van der Waals surface area contributed by atoms with Crippen LogP contribution in [0.25, 0.3) is 0 Å². The third kappa shape index (κ3) is 55.9. The number of hydrogen-bond acceptors (Lipinski definition) is 19. The van der Waals surface area contributed by atoms with Gasteiger partial charge in [0.05, 0.1) is 27.8 Å². The zero-order valence-electron chi connectivity index (χ0n) is 58.6. The van der Waals surface area contributed by atoms with Gasteiger partial charge in [-0.2, -0.15) is 0 Å². The van der Waals surface area contributed by atoms with Gasteiger partial charge in [0.2, 0.25) is 0 Å². The van der Waals surface area contributed by atoms with Gasteiger partial charge in [0.15, 0.2) is 0 Å². The molecule has 0 aromatic heterocycles. The maximum absolute atomic E-state index is 11.5. The number of carbonyl (C=O) groups is 3. The van der Waals surface area contributed by atoms with E-state index in [-0.39, 0.29) is 43.5 Å². The summed E-state index contributed by atoms with van der Waals surface area (Å²) in [4.78, 5) is 47.4. The molecule has 83 heavy (non-hydrogen) atoms. The summed E-state index contributed by atoms with van der Waals surface area (Å²) < 4.78 is 13.7. The normalized spacial score (nSPS) is 14.2. The Balaban J connectivity index is -0.000000160. The number of likely N-dealkylation sites (N-methyl/N-ethyl adjacent to an activating group) is 6. The van der Waals surface area contributed by atoms with Crippen LogP contribution in [0.5, 0.6) is 0 Å². The van der Waals surface area contributed by atoms with Crippen molar-refractivity contribution in [3.63, 3.8) is 0 Å². The lowest BCUT2D eigenvalue weighted by atomic mass is 10.1. The summed E-state index contributed by atoms with van der Waals surface area (Å²) in [6.45, 7) is 20.2. The van der Waals surface area contributed by atoms with Crippen molar-refractivity contribution < 1.29 is 28.6 Å². The number of ether oxygens (including phenoxy) is 3. The quantitative estimate of drug-likeness (QED) is 0.0426. The minimum absolute atomic E-state index is 0. The average molecular weight is 1180 g/mol. The van der Waals surface area contributed by atoms with Crippen molar-refractivity contribution in [3.05, 3.63) is 71.8 Å². The molecule has 2 aromatic rings. The van der Waals surface area contributed by atoms with E-state index >= 15 is 0 Å². The molecule has 2 aromatic carbocycles. The van der Waals surface area contributed by atoms with Crippen molar-refractivity contribution in [1.29, 1.82) is 0 Å². The molecule has 19 nitrogen and oxygen atoms in total. The van der Waals surface area contributed by atoms with Crippen LogP contribution in [0.1, 0.15) is 112 Å². The first-order chi connectivity index (χ1) is 38.2. The van der Waals surface area contributed by atoms with Crippen LogP contribution < -0.4 is 31.9 Å². The predicted molar refractivity (Wildman–Crippen MR) is 360 cm³/mol. The summed E-state index contributed by atoms with van der Waals surface area (Å²) in [6, 6.07) is 24.3. The van der Waals surface area contributed by atoms with Crippen molar-refractivity contribution >= 4 is 17.9 Å². The molecular formula is C64H137N13O6. The zero-order chi connectivity index (χ0) is 65.1. The molecule has 10 unspecified atom stereocenters. The minimum atomic E-state index is -0.318. The Bertz CT molecular complexity index is 1680. The zero-order valence-corrected chi connectivity index (χ0v) is 58.6. The van der Waals surface area contributed by atoms with Crippen molar-refractivity contribution in [2.45, 2.75) is 149 Å². The molecule has 0 aliphatic heterocycles. The van der Waals surface area contributed by atoms with E-state index in [0.717, 1.165) is 25.2 Å². The number of nitrogens with zero attached hydrogens (tertiary/aromatic N) is 7. The molecule has 0 bridgehead atoms. The first-order valence-electron chi connectivity index (χ1n) is 29.2. The van der Waals surface area contributed by atoms with Crippen LogP contribution in [0.3, 0.4) is 0 Å². The molecule has 0 saturated carbocycles. The van der Waals surface area contributed by atoms with Gasteiger partial charge in [-0.15, -0.1) is 0 Å². The van der Waals surface area contributed by atoms with Crippen LogP contribution in [0.15, 0.2) is 60.7 Å². The lowest BCUT2D eigenvalue weighted by Gasteiger charge is -2.24. The molecule has 2 rings (SSSR count). The Morgan fingerprint density at radius 2 is 0.795 bits per heavy atom. The van der Waals surface area contributed by atoms with Crippen LogP contribution in [0, 0.1) is 0 Å². The molecule has 0 spiro atoms. The van der Waals surface area contributed by atoms with Gasteiger partial charge in [0.25, 0.3) is 0 Å². The first-order valence-corrected chi connectivity index (χ1v) is 29.2. The summed E-state index contributed by atoms with van der Waals surface area (Å²) >= 11 is 0. The smallest absolute Gasteiger partial charge is 0.327 e. The Kier molecular flexibility index (Phi) is 67.3. The van der Waals surface area contributed by atoms with E-state index in [9.17, 15) is 14.4 Å². The topological polar surface area (TPSA) is 174 Å². The lowest BCUT2D eigenvalue weighted by molar-refractivity contribution is -0.146. The van der Waals surface area contributed by atoms with Crippen molar-refractivity contribution in [2.24, 2.45) is 0 Å². The van der Waals surface area contributed by atoms with E-state index in [2.05, 4.69) is 189 Å². The van der Waals surface area contributed by atoms with Crippen molar-refractivity contribution in [3.8, 4) is 0 Å². The SMILES string of the molecule is C.CNC(C)CC(C)N(C)C.CNC(C)CC(C)N(C)C.CNCC(C)NC.CNCC(c1ccccc1)N(C)C.CNCCC(C)N(C)C.COC(=O)C(C)N(C)C.COC(=O)C(c1ccccc1)N(C)C.COC(=O)CC(C)N(C)C. The highest BCUT2D eigenvalue weighted by atomic mass is 16.5. The maximum atomic E-state index is 11.5. The first kappa shape index (κ1) is 93.0. The molecule has 0 fully saturated rings. The van der Waals surface area contributed by atoms with Gasteiger partial charge in [-0.05, 0) is 233 Å². The fourth-order valence-corrected chi connectivity index (χ4v) is 6.45. The number of carbonyl (C=O) groups excluding carboxylic acids is 3. The van der Waals surface area contributed by atoms with Crippen molar-refractivity contribution in [1.82, 2.24) is 66.2 Å². The number of benzene rings is 2. The minimum Gasteiger partial charge on any atom is -0.469 e. The molecule has 0 saturated heterocycles. The van der Waals surface area contributed by atoms with Crippen molar-refractivity contribution in [2.75, 3.05) is 182 Å². The van der Waals surface area contributed by atoms with Gasteiger partial charge in [-0.1, -0.05) is 68.1 Å². The Morgan fingerprint density at radius 3 is 1.05 bits per heavy atom. The molecular weight excluding hydrogens is 1050 g/mol. The number of hydrogen-bond donors (Lipinski definition) is 6. The second-order valence-corrected chi connectivity index (χ2v) is 22.4. The number of esters is 3. The summed E-state index contributed by atoms with van der Waals surface area (Å²) in [6.07, 6.45) is 4.11. The summed E-state index contributed by atoms with van der Waals surface area (Å²) in [5.41, 5.74) is 2.31. The highest BCUT2D eigenvalue weighted by Crippen LogP contribution is 2.19. The van der Waals surface area contributed by atoms with Gasteiger partial charge in [-0.3, -0.25) is 19.4 Å². The summed E-state index contributed by atoms with van der Waals surface area (Å²) in [7, 11) is 44.3. The second-order valence-electron chi connectivity index (χ2n) is 22.4. The van der Waals surface area contributed by atoms with E-state index in [4.69, 9.17) is 4.74 Å². The largest absolute Gasteiger partial charge is 0.469 e. The molecule has 6 N–H and O–H groups in total. The molecule has 0 heterocycles. The molecule has 19 heteroatoms. The van der Waals surface area contributed by atoms with E-state index in [0.29, 0.717) is 48.7 Å². The molecule has 0 aliphatic carbocycles. The Hall–Kier alpha value is -3.67. The third-order valence-corrected chi connectivity index (χ3v) is 14.0. The summed E-state index contributed by atoms with van der Waals surface area (Å²) in [5, 5.41) is 18.9. The fourth-order valence-electron chi connectivity index (χ4n) is 6.45. The third-order valence-electron chi connectivity index (χ3n) is 14.0. The maximum Gasteiger partial charge on any atom is 0.327 e. The second kappa shape index (κ2) is 60.0. The highest BCUT2D eigenvalue weighted by molar-refractivity contribution is 5.77. The molecule has 0 radical (unpaired) electrons. The van der Waals surface area contributed by atoms with E-state index in [1.54, 1.807) is 11.8 Å². The van der Waals surface area contributed by atoms with Crippen LogP contribution in [-0.2, 0) is 28.6 Å². The van der Waals surface area contributed by atoms with Crippen LogP contribution in [-0.4, -0.2) is 282 Å². The van der Waals surface area contributed by atoms with Crippen LogP contribution in [0.4, 0.5) is 0 Å². The summed E-state index contributed by atoms with van der Waals surface area (Å²) in [5.74, 6) is -0.581. The molecule has 494 valence electrons. The van der Waals surface area contributed by atoms with E-state index < -0.39 is 0 Å². The van der Waals surface area contributed by atoms with Crippen LogP contribution in [0.2, 0.25) is 0 Å². The number of methoxy groups -OCH3 is 3. The monoisotopic (exact) mass is 1180 g/mol. The Morgan fingerprint density at radius 1 is 0.422 bits per heavy atom. The number of nitrogens with one attached hydrogen (secondary N) is 6. The van der Waals surface area contributed by atoms with Gasteiger partial charge in [0.1, 0.15) is 12.1 Å². The Labute approximate surface area is 513 Å². The standard InChI is InChI=1S/C11H18N2.C11H15NO2.2C8H20N2.C7H18N2.C7H15NO2.C6H13NO2.C5H14N2.CH4/c1-12-9-11(13(2)3)10-7-5-4-6-8-10;1-12(2)10(11(13)14-3)9-7-5-4-6-8-9;2*1-7(9-3)6-8(2)10(4)5;1-7(9(3)4)5-6-8-2;1-6(8(2)3)5-7(9)10-4;1-5(7(2)3)6(8)9-4;1-5(7-3)4-6-2;/h4-8,11-12H,9H2,1-3H3;4-8,10H,1-3H3;2*7-9H,6H2,1-5H3;7-8H,5-6H2,1-4H3;6H,5H2,1-4H3;5H,1-4H3;5-7H,4H2,1-3H3;1H4. The van der Waals surface area contributed by atoms with Gasteiger partial charge in [-0.25, -0.2) is 4.79 Å². The molecule has 0 amide bonds. The highest BCUT2D eigenvalue weighted by Gasteiger charge is 2.23. The lowest BCUT2D eigenvalue weighted by Crippen LogP contribution is -2.33. The van der Waals surface area contributed by atoms with E-state index in [1.807, 2.05) is 132 Å². The molecule has 10 atom stereocenters. The van der Waals surface area contributed by atoms with Crippen LogP contribution >= 0.6 is 0 Å². The predicted octanol–water partition coefficient (Wildman–Crippen LogP) is 6.44.